The molecule has 0 aliphatic carbocycles. The van der Waals surface area contributed by atoms with Gasteiger partial charge in [-0.2, -0.15) is 4.98 Å². The third kappa shape index (κ3) is 3.52. The summed E-state index contributed by atoms with van der Waals surface area (Å²) in [7, 11) is 0. The lowest BCUT2D eigenvalue weighted by atomic mass is 10.1. The Morgan fingerprint density at radius 1 is 1.33 bits per heavy atom. The number of aryl methyl sites for hydroxylation is 2. The molecule has 4 nitrogen and oxygen atoms in total. The van der Waals surface area contributed by atoms with E-state index in [2.05, 4.69) is 14.9 Å². The largest absolute Gasteiger partial charge is 0.472 e. The van der Waals surface area contributed by atoms with Crippen LogP contribution in [0.25, 0.3) is 0 Å². The first-order valence-electron chi connectivity index (χ1n) is 8.14. The lowest BCUT2D eigenvalue weighted by Gasteiger charge is -2.24. The maximum absolute atomic E-state index is 14.0. The molecule has 0 bridgehead atoms. The fourth-order valence-corrected chi connectivity index (χ4v) is 3.29. The molecule has 1 atom stereocenters. The van der Waals surface area contributed by atoms with Gasteiger partial charge in [-0.25, -0.2) is 9.37 Å². The van der Waals surface area contributed by atoms with Crippen molar-refractivity contribution in [2.45, 2.75) is 39.8 Å². The van der Waals surface area contributed by atoms with E-state index in [0.29, 0.717) is 29.6 Å². The van der Waals surface area contributed by atoms with E-state index >= 15 is 0 Å². The van der Waals surface area contributed by atoms with Crippen molar-refractivity contribution in [2.75, 3.05) is 13.1 Å². The lowest BCUT2D eigenvalue weighted by molar-refractivity contribution is 0.145. The van der Waals surface area contributed by atoms with Crippen molar-refractivity contribution in [3.05, 3.63) is 51.7 Å². The topological polar surface area (TPSA) is 38.2 Å². The van der Waals surface area contributed by atoms with Gasteiger partial charge in [0.05, 0.1) is 0 Å². The summed E-state index contributed by atoms with van der Waals surface area (Å²) in [4.78, 5) is 10.9. The summed E-state index contributed by atoms with van der Waals surface area (Å²) in [5, 5.41) is 0.460. The number of halogens is 2. The Labute approximate surface area is 146 Å². The Morgan fingerprint density at radius 3 is 2.83 bits per heavy atom. The van der Waals surface area contributed by atoms with Crippen LogP contribution in [0.3, 0.4) is 0 Å². The standard InChI is InChI=1S/C18H21ClFN3O/c1-4-23(10-15-16(19)6-5-7-17(15)20)9-13-8-14-11(2)21-12(3)22-18(14)24-13/h5-7,13H,4,8-10H2,1-3H3/t13-/m1/s1. The van der Waals surface area contributed by atoms with E-state index in [1.54, 1.807) is 12.1 Å². The van der Waals surface area contributed by atoms with Crippen LogP contribution in [0.15, 0.2) is 18.2 Å². The van der Waals surface area contributed by atoms with Crippen LogP contribution in [0.4, 0.5) is 4.39 Å². The zero-order valence-corrected chi connectivity index (χ0v) is 14.9. The predicted octanol–water partition coefficient (Wildman–Crippen LogP) is 3.71. The van der Waals surface area contributed by atoms with Gasteiger partial charge in [-0.3, -0.25) is 4.90 Å². The molecule has 0 spiro atoms. The number of aromatic nitrogens is 2. The second kappa shape index (κ2) is 7.03. The molecule has 0 saturated heterocycles. The molecular weight excluding hydrogens is 329 g/mol. The maximum Gasteiger partial charge on any atom is 0.220 e. The SMILES string of the molecule is CCN(Cc1c(F)cccc1Cl)C[C@H]1Cc2c(C)nc(C)nc2O1. The van der Waals surface area contributed by atoms with E-state index in [1.807, 2.05) is 20.8 Å². The summed E-state index contributed by atoms with van der Waals surface area (Å²) in [6.45, 7) is 7.83. The number of fused-ring (bicyclic) bond motifs is 1. The number of nitrogens with zero attached hydrogens (tertiary/aromatic N) is 3. The highest BCUT2D eigenvalue weighted by molar-refractivity contribution is 6.31. The molecule has 3 rings (SSSR count). The van der Waals surface area contributed by atoms with Crippen LogP contribution in [0.5, 0.6) is 5.88 Å². The van der Waals surface area contributed by atoms with Crippen LogP contribution >= 0.6 is 11.6 Å². The van der Waals surface area contributed by atoms with Gasteiger partial charge in [-0.05, 0) is 32.5 Å². The average Bonchev–Trinajstić information content (AvgIpc) is 2.92. The highest BCUT2D eigenvalue weighted by atomic mass is 35.5. The molecule has 1 aliphatic heterocycles. The van der Waals surface area contributed by atoms with E-state index in [0.717, 1.165) is 30.0 Å². The third-order valence-corrected chi connectivity index (χ3v) is 4.70. The van der Waals surface area contributed by atoms with Gasteiger partial charge in [-0.1, -0.05) is 24.6 Å². The van der Waals surface area contributed by atoms with Gasteiger partial charge in [0.25, 0.3) is 0 Å². The summed E-state index contributed by atoms with van der Waals surface area (Å²) < 4.78 is 20.0. The molecule has 0 saturated carbocycles. The van der Waals surface area contributed by atoms with Crippen LogP contribution in [0, 0.1) is 19.7 Å². The number of likely N-dealkylation sites (N-methyl/N-ethyl adjacent to an activating group) is 1. The van der Waals surface area contributed by atoms with Crippen molar-refractivity contribution in [3.8, 4) is 5.88 Å². The number of benzene rings is 1. The van der Waals surface area contributed by atoms with Crippen molar-refractivity contribution in [3.63, 3.8) is 0 Å². The average molecular weight is 350 g/mol. The molecule has 0 N–H and O–H groups in total. The van der Waals surface area contributed by atoms with Crippen LogP contribution in [0.2, 0.25) is 5.02 Å². The molecule has 0 unspecified atom stereocenters. The van der Waals surface area contributed by atoms with Gasteiger partial charge in [0.15, 0.2) is 0 Å². The second-order valence-electron chi connectivity index (χ2n) is 6.11. The molecular formula is C18H21ClFN3O. The van der Waals surface area contributed by atoms with Crippen LogP contribution in [0.1, 0.15) is 29.6 Å². The van der Waals surface area contributed by atoms with Gasteiger partial charge >= 0.3 is 0 Å². The number of hydrogen-bond acceptors (Lipinski definition) is 4. The van der Waals surface area contributed by atoms with Crippen LogP contribution in [-0.2, 0) is 13.0 Å². The highest BCUT2D eigenvalue weighted by Crippen LogP contribution is 2.29. The van der Waals surface area contributed by atoms with E-state index in [9.17, 15) is 4.39 Å². The minimum Gasteiger partial charge on any atom is -0.472 e. The first-order valence-corrected chi connectivity index (χ1v) is 8.51. The first kappa shape index (κ1) is 17.1. The van der Waals surface area contributed by atoms with Crippen molar-refractivity contribution in [2.24, 2.45) is 0 Å². The molecule has 6 heteroatoms. The van der Waals surface area contributed by atoms with E-state index in [4.69, 9.17) is 16.3 Å². The minimum absolute atomic E-state index is 0.000277. The third-order valence-electron chi connectivity index (χ3n) is 4.35. The van der Waals surface area contributed by atoms with Gasteiger partial charge in [0.2, 0.25) is 5.88 Å². The lowest BCUT2D eigenvalue weighted by Crippen LogP contribution is -2.34. The van der Waals surface area contributed by atoms with Crippen molar-refractivity contribution < 1.29 is 9.13 Å². The maximum atomic E-state index is 14.0. The van der Waals surface area contributed by atoms with Gasteiger partial charge < -0.3 is 4.74 Å². The fourth-order valence-electron chi connectivity index (χ4n) is 3.07. The van der Waals surface area contributed by atoms with E-state index in [-0.39, 0.29) is 11.9 Å². The van der Waals surface area contributed by atoms with Crippen molar-refractivity contribution in [1.82, 2.24) is 14.9 Å². The molecule has 0 radical (unpaired) electrons. The summed E-state index contributed by atoms with van der Waals surface area (Å²) in [6, 6.07) is 4.79. The Balaban J connectivity index is 1.70. The van der Waals surface area contributed by atoms with E-state index in [1.165, 1.54) is 6.07 Å². The molecule has 1 aliphatic rings. The summed E-state index contributed by atoms with van der Waals surface area (Å²) in [6.07, 6.45) is 0.781. The van der Waals surface area contributed by atoms with E-state index < -0.39 is 0 Å². The Bertz CT molecular complexity index is 733. The molecule has 1 aromatic carbocycles. The Kier molecular flexibility index (Phi) is 5.01. The fraction of sp³-hybridized carbons (Fsp3) is 0.444. The summed E-state index contributed by atoms with van der Waals surface area (Å²) in [5.41, 5.74) is 2.58. The van der Waals surface area contributed by atoms with Crippen LogP contribution < -0.4 is 4.74 Å². The number of hydrogen-bond donors (Lipinski definition) is 0. The number of rotatable bonds is 5. The smallest absolute Gasteiger partial charge is 0.220 e. The molecule has 2 heterocycles. The van der Waals surface area contributed by atoms with Crippen molar-refractivity contribution in [1.29, 1.82) is 0 Å². The Morgan fingerprint density at radius 2 is 2.12 bits per heavy atom. The summed E-state index contributed by atoms with van der Waals surface area (Å²) in [5.74, 6) is 1.14. The zero-order chi connectivity index (χ0) is 17.3. The molecule has 128 valence electrons. The molecule has 24 heavy (non-hydrogen) atoms. The molecule has 2 aromatic rings. The highest BCUT2D eigenvalue weighted by Gasteiger charge is 2.28. The number of ether oxygens (including phenoxy) is 1. The van der Waals surface area contributed by atoms with Gasteiger partial charge in [0.1, 0.15) is 17.7 Å². The quantitative estimate of drug-likeness (QED) is 0.824. The van der Waals surface area contributed by atoms with Crippen LogP contribution in [-0.4, -0.2) is 34.1 Å². The Hall–Kier alpha value is -1.72. The second-order valence-corrected chi connectivity index (χ2v) is 6.52. The van der Waals surface area contributed by atoms with Gasteiger partial charge in [-0.15, -0.1) is 0 Å². The normalized spacial score (nSPS) is 16.3. The summed E-state index contributed by atoms with van der Waals surface area (Å²) >= 11 is 6.14. The van der Waals surface area contributed by atoms with Gasteiger partial charge in [0, 0.05) is 41.4 Å². The zero-order valence-electron chi connectivity index (χ0n) is 14.1. The predicted molar refractivity (Wildman–Crippen MR) is 92.0 cm³/mol. The molecule has 1 aromatic heterocycles. The minimum atomic E-state index is -0.270. The monoisotopic (exact) mass is 349 g/mol. The van der Waals surface area contributed by atoms with Crippen molar-refractivity contribution >= 4 is 11.6 Å². The first-order chi connectivity index (χ1) is 11.5. The molecule has 0 fully saturated rings. The molecule has 0 amide bonds.